The topological polar surface area (TPSA) is 26.3 Å². The molecular formula is C17H15BrO2. The van der Waals surface area contributed by atoms with Gasteiger partial charge in [-0.3, -0.25) is 4.79 Å². The molecule has 3 heteroatoms. The number of carbonyl (C=O) groups excluding carboxylic acids is 1. The standard InChI is InChI=1S/C17H15BrO2/c1-20-16-7-6-13(10-15(16)18)17(19)14-8-11-4-2-3-5-12(11)9-14/h2-7,10,14H,8-9H2,1H3. The Labute approximate surface area is 126 Å². The number of ketones is 1. The molecule has 0 aliphatic heterocycles. The summed E-state index contributed by atoms with van der Waals surface area (Å²) in [5, 5.41) is 0. The second-order valence-electron chi connectivity index (χ2n) is 5.09. The van der Waals surface area contributed by atoms with E-state index in [1.807, 2.05) is 30.3 Å². The first kappa shape index (κ1) is 13.4. The fourth-order valence-electron chi connectivity index (χ4n) is 2.80. The van der Waals surface area contributed by atoms with Crippen molar-refractivity contribution < 1.29 is 9.53 Å². The van der Waals surface area contributed by atoms with Crippen LogP contribution in [0, 0.1) is 5.92 Å². The summed E-state index contributed by atoms with van der Waals surface area (Å²) < 4.78 is 6.02. The quantitative estimate of drug-likeness (QED) is 0.793. The number of hydrogen-bond donors (Lipinski definition) is 0. The largest absolute Gasteiger partial charge is 0.496 e. The van der Waals surface area contributed by atoms with Crippen LogP contribution in [0.15, 0.2) is 46.9 Å². The van der Waals surface area contributed by atoms with Crippen molar-refractivity contribution in [2.24, 2.45) is 5.92 Å². The Bertz CT molecular complexity index is 639. The Morgan fingerprint density at radius 2 is 1.80 bits per heavy atom. The monoisotopic (exact) mass is 330 g/mol. The van der Waals surface area contributed by atoms with Crippen molar-refractivity contribution in [1.82, 2.24) is 0 Å². The maximum Gasteiger partial charge on any atom is 0.166 e. The predicted molar refractivity (Wildman–Crippen MR) is 82.4 cm³/mol. The summed E-state index contributed by atoms with van der Waals surface area (Å²) in [7, 11) is 1.62. The van der Waals surface area contributed by atoms with Gasteiger partial charge in [0, 0.05) is 11.5 Å². The van der Waals surface area contributed by atoms with Gasteiger partial charge in [0.15, 0.2) is 5.78 Å². The van der Waals surface area contributed by atoms with Crippen LogP contribution in [0.4, 0.5) is 0 Å². The molecule has 0 heterocycles. The molecule has 0 amide bonds. The van der Waals surface area contributed by atoms with Crippen molar-refractivity contribution in [2.45, 2.75) is 12.8 Å². The number of methoxy groups -OCH3 is 1. The van der Waals surface area contributed by atoms with Crippen LogP contribution in [0.25, 0.3) is 0 Å². The van der Waals surface area contributed by atoms with E-state index >= 15 is 0 Å². The molecular weight excluding hydrogens is 316 g/mol. The van der Waals surface area contributed by atoms with Crippen LogP contribution in [0.1, 0.15) is 21.5 Å². The zero-order valence-electron chi connectivity index (χ0n) is 11.2. The van der Waals surface area contributed by atoms with Crippen molar-refractivity contribution in [3.05, 3.63) is 63.6 Å². The lowest BCUT2D eigenvalue weighted by molar-refractivity contribution is 0.0924. The molecule has 1 aliphatic rings. The average molecular weight is 331 g/mol. The number of Topliss-reactive ketones (excluding diaryl/α,β-unsaturated/α-hetero) is 1. The van der Waals surface area contributed by atoms with Crippen molar-refractivity contribution in [1.29, 1.82) is 0 Å². The van der Waals surface area contributed by atoms with Gasteiger partial charge in [0.05, 0.1) is 11.6 Å². The molecule has 0 atom stereocenters. The summed E-state index contributed by atoms with van der Waals surface area (Å²) in [6.45, 7) is 0. The Morgan fingerprint density at radius 3 is 2.35 bits per heavy atom. The number of halogens is 1. The number of hydrogen-bond acceptors (Lipinski definition) is 2. The lowest BCUT2D eigenvalue weighted by atomic mass is 9.95. The van der Waals surface area contributed by atoms with Crippen LogP contribution in [0.2, 0.25) is 0 Å². The number of benzene rings is 2. The number of ether oxygens (including phenoxy) is 1. The van der Waals surface area contributed by atoms with Gasteiger partial charge in [-0.1, -0.05) is 24.3 Å². The fraction of sp³-hybridized carbons (Fsp3) is 0.235. The molecule has 102 valence electrons. The SMILES string of the molecule is COc1ccc(C(=O)C2Cc3ccccc3C2)cc1Br. The molecule has 0 saturated heterocycles. The Morgan fingerprint density at radius 1 is 1.15 bits per heavy atom. The van der Waals surface area contributed by atoms with Crippen LogP contribution >= 0.6 is 15.9 Å². The summed E-state index contributed by atoms with van der Waals surface area (Å²) in [6, 6.07) is 13.8. The highest BCUT2D eigenvalue weighted by Crippen LogP contribution is 2.31. The van der Waals surface area contributed by atoms with E-state index in [2.05, 4.69) is 28.1 Å². The highest BCUT2D eigenvalue weighted by Gasteiger charge is 2.28. The van der Waals surface area contributed by atoms with E-state index in [0.29, 0.717) is 0 Å². The molecule has 20 heavy (non-hydrogen) atoms. The van der Waals surface area contributed by atoms with E-state index < -0.39 is 0 Å². The normalized spacial score (nSPS) is 14.1. The third kappa shape index (κ3) is 2.38. The van der Waals surface area contributed by atoms with E-state index in [1.165, 1.54) is 11.1 Å². The van der Waals surface area contributed by atoms with E-state index in [4.69, 9.17) is 4.74 Å². The van der Waals surface area contributed by atoms with Crippen LogP contribution in [0.5, 0.6) is 5.75 Å². The van der Waals surface area contributed by atoms with Crippen LogP contribution in [-0.2, 0) is 12.8 Å². The summed E-state index contributed by atoms with van der Waals surface area (Å²) in [5.74, 6) is 1.02. The minimum atomic E-state index is 0.0627. The maximum absolute atomic E-state index is 12.6. The summed E-state index contributed by atoms with van der Waals surface area (Å²) in [5.41, 5.74) is 3.35. The Balaban J connectivity index is 1.83. The molecule has 0 spiro atoms. The lowest BCUT2D eigenvalue weighted by Gasteiger charge is -2.10. The summed E-state index contributed by atoms with van der Waals surface area (Å²) >= 11 is 3.44. The molecule has 0 radical (unpaired) electrons. The van der Waals surface area contributed by atoms with E-state index in [-0.39, 0.29) is 11.7 Å². The van der Waals surface area contributed by atoms with Gasteiger partial charge in [0.2, 0.25) is 0 Å². The molecule has 2 aromatic carbocycles. The zero-order chi connectivity index (χ0) is 14.1. The zero-order valence-corrected chi connectivity index (χ0v) is 12.8. The molecule has 1 aliphatic carbocycles. The van der Waals surface area contributed by atoms with Crippen LogP contribution in [-0.4, -0.2) is 12.9 Å². The molecule has 0 fully saturated rings. The third-order valence-electron chi connectivity index (χ3n) is 3.86. The second kappa shape index (κ2) is 5.41. The van der Waals surface area contributed by atoms with Gasteiger partial charge in [-0.2, -0.15) is 0 Å². The van der Waals surface area contributed by atoms with Crippen LogP contribution in [0.3, 0.4) is 0 Å². The Kier molecular flexibility index (Phi) is 3.62. The smallest absolute Gasteiger partial charge is 0.166 e. The third-order valence-corrected chi connectivity index (χ3v) is 4.48. The van der Waals surface area contributed by atoms with Gasteiger partial charge in [-0.15, -0.1) is 0 Å². The first-order valence-electron chi connectivity index (χ1n) is 6.63. The fourth-order valence-corrected chi connectivity index (χ4v) is 3.34. The Hall–Kier alpha value is -1.61. The van der Waals surface area contributed by atoms with Gasteiger partial charge < -0.3 is 4.74 Å². The van der Waals surface area contributed by atoms with Gasteiger partial charge in [-0.05, 0) is 58.1 Å². The highest BCUT2D eigenvalue weighted by molar-refractivity contribution is 9.10. The first-order valence-corrected chi connectivity index (χ1v) is 7.43. The molecule has 3 rings (SSSR count). The van der Waals surface area contributed by atoms with Crippen molar-refractivity contribution in [3.8, 4) is 5.75 Å². The van der Waals surface area contributed by atoms with Gasteiger partial charge in [0.25, 0.3) is 0 Å². The van der Waals surface area contributed by atoms with E-state index in [1.54, 1.807) is 7.11 Å². The predicted octanol–water partition coefficient (Wildman–Crippen LogP) is 4.06. The van der Waals surface area contributed by atoms with E-state index in [0.717, 1.165) is 28.6 Å². The van der Waals surface area contributed by atoms with Crippen molar-refractivity contribution >= 4 is 21.7 Å². The highest BCUT2D eigenvalue weighted by atomic mass is 79.9. The minimum Gasteiger partial charge on any atom is -0.496 e. The van der Waals surface area contributed by atoms with Crippen molar-refractivity contribution in [2.75, 3.05) is 7.11 Å². The molecule has 2 nitrogen and oxygen atoms in total. The summed E-state index contributed by atoms with van der Waals surface area (Å²) in [6.07, 6.45) is 1.69. The van der Waals surface area contributed by atoms with Gasteiger partial charge in [-0.25, -0.2) is 0 Å². The second-order valence-corrected chi connectivity index (χ2v) is 5.94. The number of rotatable bonds is 3. The van der Waals surface area contributed by atoms with Gasteiger partial charge in [0.1, 0.15) is 5.75 Å². The van der Waals surface area contributed by atoms with Crippen LogP contribution < -0.4 is 4.74 Å². The van der Waals surface area contributed by atoms with E-state index in [9.17, 15) is 4.79 Å². The molecule has 0 unspecified atom stereocenters. The molecule has 0 N–H and O–H groups in total. The number of carbonyl (C=O) groups is 1. The minimum absolute atomic E-state index is 0.0627. The van der Waals surface area contributed by atoms with Crippen molar-refractivity contribution in [3.63, 3.8) is 0 Å². The lowest BCUT2D eigenvalue weighted by Crippen LogP contribution is -2.15. The average Bonchev–Trinajstić information content (AvgIpc) is 2.90. The molecule has 0 bridgehead atoms. The maximum atomic E-state index is 12.6. The first-order chi connectivity index (χ1) is 9.69. The molecule has 0 aromatic heterocycles. The summed E-state index contributed by atoms with van der Waals surface area (Å²) in [4.78, 5) is 12.6. The van der Waals surface area contributed by atoms with Gasteiger partial charge >= 0.3 is 0 Å². The number of fused-ring (bicyclic) bond motifs is 1. The molecule has 2 aromatic rings. The molecule has 0 saturated carbocycles.